The van der Waals surface area contributed by atoms with Gasteiger partial charge in [0.05, 0.1) is 18.1 Å². The third kappa shape index (κ3) is 5.80. The highest BCUT2D eigenvalue weighted by Crippen LogP contribution is 2.39. The number of aliphatic hydroxyl groups is 1. The van der Waals surface area contributed by atoms with Crippen molar-refractivity contribution in [3.05, 3.63) is 12.2 Å². The van der Waals surface area contributed by atoms with Gasteiger partial charge < -0.3 is 9.84 Å². The molecule has 1 aliphatic carbocycles. The SMILES string of the molecule is C[C@H](C=C[C@H]1CC[C@H](O)[C@H]1C(=O)OC(C)(C)C)ON1C(C)(C)CCCC1(C)C. The Morgan fingerprint density at radius 3 is 2.25 bits per heavy atom. The topological polar surface area (TPSA) is 59.0 Å². The lowest BCUT2D eigenvalue weighted by atomic mass is 9.82. The second-order valence-corrected chi connectivity index (χ2v) is 10.8. The summed E-state index contributed by atoms with van der Waals surface area (Å²) in [5.41, 5.74) is -0.561. The fourth-order valence-electron chi connectivity index (χ4n) is 4.69. The predicted molar refractivity (Wildman–Crippen MR) is 112 cm³/mol. The van der Waals surface area contributed by atoms with Crippen LogP contribution in [-0.2, 0) is 14.4 Å². The number of hydroxylamine groups is 2. The van der Waals surface area contributed by atoms with Crippen molar-refractivity contribution in [1.29, 1.82) is 0 Å². The smallest absolute Gasteiger partial charge is 0.312 e. The highest BCUT2D eigenvalue weighted by Gasteiger charge is 2.44. The Balaban J connectivity index is 2.04. The Hall–Kier alpha value is -0.910. The van der Waals surface area contributed by atoms with Crippen molar-refractivity contribution < 1.29 is 19.5 Å². The molecule has 1 heterocycles. The fraction of sp³-hybridized carbons (Fsp3) is 0.870. The van der Waals surface area contributed by atoms with Crippen molar-refractivity contribution in [2.24, 2.45) is 11.8 Å². The van der Waals surface area contributed by atoms with Crippen LogP contribution in [0.3, 0.4) is 0 Å². The van der Waals surface area contributed by atoms with E-state index in [0.29, 0.717) is 6.42 Å². The van der Waals surface area contributed by atoms with Crippen molar-refractivity contribution >= 4 is 5.97 Å². The molecule has 2 aliphatic rings. The van der Waals surface area contributed by atoms with Crippen molar-refractivity contribution in [3.8, 4) is 0 Å². The molecule has 5 nitrogen and oxygen atoms in total. The van der Waals surface area contributed by atoms with Gasteiger partial charge in [-0.1, -0.05) is 12.2 Å². The third-order valence-corrected chi connectivity index (χ3v) is 5.93. The largest absolute Gasteiger partial charge is 0.460 e. The minimum Gasteiger partial charge on any atom is -0.460 e. The normalized spacial score (nSPS) is 31.8. The van der Waals surface area contributed by atoms with Crippen LogP contribution in [0.4, 0.5) is 0 Å². The summed E-state index contributed by atoms with van der Waals surface area (Å²) in [6.07, 6.45) is 8.18. The van der Waals surface area contributed by atoms with Crippen LogP contribution in [-0.4, -0.2) is 45.0 Å². The molecule has 1 aliphatic heterocycles. The fourth-order valence-corrected chi connectivity index (χ4v) is 4.69. The van der Waals surface area contributed by atoms with Crippen LogP contribution in [0, 0.1) is 11.8 Å². The Morgan fingerprint density at radius 1 is 1.14 bits per heavy atom. The number of esters is 1. The van der Waals surface area contributed by atoms with Crippen LogP contribution in [0.5, 0.6) is 0 Å². The van der Waals surface area contributed by atoms with E-state index in [-0.39, 0.29) is 29.1 Å². The molecule has 2 fully saturated rings. The summed E-state index contributed by atoms with van der Waals surface area (Å²) >= 11 is 0. The monoisotopic (exact) mass is 395 g/mol. The summed E-state index contributed by atoms with van der Waals surface area (Å²) in [5, 5.41) is 12.5. The first-order valence-electron chi connectivity index (χ1n) is 10.8. The average Bonchev–Trinajstić information content (AvgIpc) is 2.88. The summed E-state index contributed by atoms with van der Waals surface area (Å²) in [6.45, 7) is 16.5. The van der Waals surface area contributed by atoms with Crippen LogP contribution in [0.2, 0.25) is 0 Å². The second-order valence-electron chi connectivity index (χ2n) is 10.8. The van der Waals surface area contributed by atoms with Gasteiger partial charge in [-0.2, -0.15) is 5.06 Å². The van der Waals surface area contributed by atoms with Crippen molar-refractivity contribution in [1.82, 2.24) is 5.06 Å². The van der Waals surface area contributed by atoms with E-state index in [9.17, 15) is 9.90 Å². The molecule has 1 N–H and O–H groups in total. The molecular weight excluding hydrogens is 354 g/mol. The molecule has 0 aromatic heterocycles. The maximum absolute atomic E-state index is 12.6. The number of piperidine rings is 1. The maximum atomic E-state index is 12.6. The number of nitrogens with zero attached hydrogens (tertiary/aromatic N) is 1. The maximum Gasteiger partial charge on any atom is 0.312 e. The summed E-state index contributed by atoms with van der Waals surface area (Å²) in [6, 6.07) is 0. The van der Waals surface area contributed by atoms with Gasteiger partial charge in [0.2, 0.25) is 0 Å². The lowest BCUT2D eigenvalue weighted by Gasteiger charge is -2.52. The second kappa shape index (κ2) is 8.45. The van der Waals surface area contributed by atoms with Gasteiger partial charge >= 0.3 is 5.97 Å². The Kier molecular flexibility index (Phi) is 7.05. The van der Waals surface area contributed by atoms with E-state index >= 15 is 0 Å². The van der Waals surface area contributed by atoms with E-state index in [1.807, 2.05) is 39.8 Å². The van der Waals surface area contributed by atoms with Gasteiger partial charge in [-0.15, -0.1) is 0 Å². The molecule has 0 aromatic carbocycles. The predicted octanol–water partition coefficient (Wildman–Crippen LogP) is 4.63. The van der Waals surface area contributed by atoms with E-state index in [4.69, 9.17) is 9.57 Å². The van der Waals surface area contributed by atoms with Gasteiger partial charge in [0.25, 0.3) is 0 Å². The molecule has 0 amide bonds. The highest BCUT2D eigenvalue weighted by atomic mass is 16.7. The Bertz CT molecular complexity index is 560. The molecule has 1 saturated carbocycles. The first-order chi connectivity index (χ1) is 12.7. The zero-order chi connectivity index (χ0) is 21.3. The van der Waals surface area contributed by atoms with Crippen LogP contribution < -0.4 is 0 Å². The molecule has 0 radical (unpaired) electrons. The molecule has 0 spiro atoms. The number of allylic oxidation sites excluding steroid dienone is 1. The highest BCUT2D eigenvalue weighted by molar-refractivity contribution is 5.74. The van der Waals surface area contributed by atoms with Gasteiger partial charge in [-0.05, 0) is 93.4 Å². The average molecular weight is 396 g/mol. The van der Waals surface area contributed by atoms with E-state index in [0.717, 1.165) is 19.3 Å². The van der Waals surface area contributed by atoms with Gasteiger partial charge in [-0.3, -0.25) is 9.63 Å². The first-order valence-corrected chi connectivity index (χ1v) is 10.8. The Labute approximate surface area is 171 Å². The standard InChI is InChI=1S/C23H41NO4/c1-16(28-24-22(5,6)14-9-15-23(24,7)8)10-11-17-12-13-18(25)19(17)20(26)27-21(2,3)4/h10-11,16-19,25H,9,12-15H2,1-8H3/t16-,17+,18+,19+/m1/s1. The van der Waals surface area contributed by atoms with Crippen LogP contribution in [0.25, 0.3) is 0 Å². The van der Waals surface area contributed by atoms with E-state index < -0.39 is 17.6 Å². The van der Waals surface area contributed by atoms with Crippen LogP contribution in [0.15, 0.2) is 12.2 Å². The van der Waals surface area contributed by atoms with Gasteiger partial charge in [0, 0.05) is 11.1 Å². The number of rotatable bonds is 5. The van der Waals surface area contributed by atoms with Crippen LogP contribution in [0.1, 0.15) is 87.5 Å². The molecule has 1 saturated heterocycles. The molecule has 2 rings (SSSR count). The number of hydrogen-bond acceptors (Lipinski definition) is 5. The first kappa shape index (κ1) is 23.4. The number of aliphatic hydroxyl groups excluding tert-OH is 1. The van der Waals surface area contributed by atoms with Gasteiger partial charge in [-0.25, -0.2) is 0 Å². The lowest BCUT2D eigenvalue weighted by Crippen LogP contribution is -2.58. The minimum absolute atomic E-state index is 0.00749. The summed E-state index contributed by atoms with van der Waals surface area (Å²) < 4.78 is 5.53. The van der Waals surface area contributed by atoms with Gasteiger partial charge in [0.1, 0.15) is 5.60 Å². The number of ether oxygens (including phenoxy) is 1. The van der Waals surface area contributed by atoms with E-state index in [1.165, 1.54) is 6.42 Å². The van der Waals surface area contributed by atoms with Crippen molar-refractivity contribution in [2.75, 3.05) is 0 Å². The Morgan fingerprint density at radius 2 is 1.71 bits per heavy atom. The molecule has 162 valence electrons. The quantitative estimate of drug-likeness (QED) is 0.543. The molecule has 0 unspecified atom stereocenters. The number of carbonyl (C=O) groups excluding carboxylic acids is 1. The summed E-state index contributed by atoms with van der Waals surface area (Å²) in [4.78, 5) is 18.9. The van der Waals surface area contributed by atoms with E-state index in [1.54, 1.807) is 0 Å². The number of carbonyl (C=O) groups is 1. The molecule has 4 atom stereocenters. The van der Waals surface area contributed by atoms with Crippen LogP contribution >= 0.6 is 0 Å². The minimum atomic E-state index is -0.638. The summed E-state index contributed by atoms with van der Waals surface area (Å²) in [7, 11) is 0. The molecule has 28 heavy (non-hydrogen) atoms. The van der Waals surface area contributed by atoms with Crippen molar-refractivity contribution in [3.63, 3.8) is 0 Å². The molecular formula is C23H41NO4. The molecule has 0 aromatic rings. The van der Waals surface area contributed by atoms with Gasteiger partial charge in [0.15, 0.2) is 0 Å². The molecule has 5 heteroatoms. The zero-order valence-corrected chi connectivity index (χ0v) is 19.1. The van der Waals surface area contributed by atoms with Crippen molar-refractivity contribution in [2.45, 2.75) is 116 Å². The number of hydrogen-bond donors (Lipinski definition) is 1. The summed E-state index contributed by atoms with van der Waals surface area (Å²) in [5.74, 6) is -0.817. The lowest BCUT2D eigenvalue weighted by molar-refractivity contribution is -0.293. The van der Waals surface area contributed by atoms with E-state index in [2.05, 4.69) is 32.8 Å². The third-order valence-electron chi connectivity index (χ3n) is 5.93. The zero-order valence-electron chi connectivity index (χ0n) is 19.1. The molecule has 0 bridgehead atoms.